The van der Waals surface area contributed by atoms with E-state index >= 15 is 0 Å². The summed E-state index contributed by atoms with van der Waals surface area (Å²) >= 11 is 0.984. The Bertz CT molecular complexity index is 477. The van der Waals surface area contributed by atoms with Crippen LogP contribution in [0.2, 0.25) is 0 Å². The van der Waals surface area contributed by atoms with Crippen LogP contribution >= 0.6 is 11.5 Å². The Kier molecular flexibility index (Phi) is 4.62. The van der Waals surface area contributed by atoms with Gasteiger partial charge in [0.05, 0.1) is 5.69 Å². The Labute approximate surface area is 116 Å². The first-order valence-electron chi connectivity index (χ1n) is 6.01. The van der Waals surface area contributed by atoms with E-state index in [1.165, 1.54) is 0 Å². The van der Waals surface area contributed by atoms with Crippen molar-refractivity contribution in [2.75, 3.05) is 0 Å². The highest BCUT2D eigenvalue weighted by Crippen LogP contribution is 2.25. The first kappa shape index (κ1) is 15.6. The minimum Gasteiger partial charge on any atom is -0.480 e. The number of carbonyl (C=O) groups excluding carboxylic acids is 1. The molecule has 0 unspecified atom stereocenters. The van der Waals surface area contributed by atoms with Crippen molar-refractivity contribution in [1.29, 1.82) is 0 Å². The molecule has 1 heterocycles. The first-order valence-corrected chi connectivity index (χ1v) is 6.78. The van der Waals surface area contributed by atoms with E-state index in [2.05, 4.69) is 14.9 Å². The normalized spacial score (nSPS) is 13.4. The van der Waals surface area contributed by atoms with Crippen LogP contribution in [0, 0.1) is 5.92 Å². The Morgan fingerprint density at radius 1 is 1.32 bits per heavy atom. The van der Waals surface area contributed by atoms with Crippen LogP contribution in [-0.4, -0.2) is 32.6 Å². The lowest BCUT2D eigenvalue weighted by atomic mass is 9.91. The van der Waals surface area contributed by atoms with E-state index in [-0.39, 0.29) is 11.3 Å². The maximum Gasteiger partial charge on any atom is 0.326 e. The van der Waals surface area contributed by atoms with Crippen molar-refractivity contribution in [3.8, 4) is 0 Å². The Morgan fingerprint density at radius 2 is 1.89 bits per heavy atom. The number of carboxylic acid groups (broad SMARTS) is 1. The van der Waals surface area contributed by atoms with Gasteiger partial charge in [-0.3, -0.25) is 4.79 Å². The second-order valence-electron chi connectivity index (χ2n) is 5.73. The number of rotatable bonds is 4. The van der Waals surface area contributed by atoms with Gasteiger partial charge in [-0.2, -0.15) is 0 Å². The highest BCUT2D eigenvalue weighted by atomic mass is 32.1. The smallest absolute Gasteiger partial charge is 0.326 e. The fourth-order valence-corrected chi connectivity index (χ4v) is 2.33. The Hall–Kier alpha value is -1.50. The number of carbonyl (C=O) groups is 2. The number of hydrogen-bond donors (Lipinski definition) is 2. The van der Waals surface area contributed by atoms with Gasteiger partial charge in [0.15, 0.2) is 0 Å². The van der Waals surface area contributed by atoms with Gasteiger partial charge in [0.25, 0.3) is 5.91 Å². The van der Waals surface area contributed by atoms with Gasteiger partial charge in [-0.25, -0.2) is 4.79 Å². The second kappa shape index (κ2) is 5.64. The van der Waals surface area contributed by atoms with E-state index in [1.807, 2.05) is 20.8 Å². The molecule has 2 N–H and O–H groups in total. The van der Waals surface area contributed by atoms with Crippen LogP contribution in [0.15, 0.2) is 0 Å². The summed E-state index contributed by atoms with van der Waals surface area (Å²) in [5, 5.41) is 15.6. The maximum absolute atomic E-state index is 12.1. The number of amides is 1. The third kappa shape index (κ3) is 3.73. The van der Waals surface area contributed by atoms with Crippen LogP contribution in [0.25, 0.3) is 0 Å². The summed E-state index contributed by atoms with van der Waals surface area (Å²) in [5.74, 6) is -1.67. The molecule has 106 valence electrons. The van der Waals surface area contributed by atoms with Crippen molar-refractivity contribution in [3.63, 3.8) is 0 Å². The molecule has 0 radical (unpaired) electrons. The fourth-order valence-electron chi connectivity index (χ4n) is 1.55. The molecule has 0 aliphatic carbocycles. The predicted molar refractivity (Wildman–Crippen MR) is 72.3 cm³/mol. The van der Waals surface area contributed by atoms with E-state index in [0.29, 0.717) is 10.6 Å². The topological polar surface area (TPSA) is 92.2 Å². The molecule has 0 spiro atoms. The van der Waals surface area contributed by atoms with Crippen LogP contribution in [0.5, 0.6) is 0 Å². The molecule has 0 fully saturated rings. The summed E-state index contributed by atoms with van der Waals surface area (Å²) in [6.45, 7) is 9.27. The quantitative estimate of drug-likeness (QED) is 0.878. The summed E-state index contributed by atoms with van der Waals surface area (Å²) in [6, 6.07) is -0.914. The number of hydrogen-bond acceptors (Lipinski definition) is 5. The monoisotopic (exact) mass is 285 g/mol. The number of aliphatic carboxylic acids is 1. The minimum atomic E-state index is -1.04. The van der Waals surface area contributed by atoms with Gasteiger partial charge >= 0.3 is 5.97 Å². The van der Waals surface area contributed by atoms with Gasteiger partial charge < -0.3 is 10.4 Å². The van der Waals surface area contributed by atoms with Crippen LogP contribution in [-0.2, 0) is 10.2 Å². The fraction of sp³-hybridized carbons (Fsp3) is 0.667. The molecule has 0 saturated carbocycles. The molecule has 0 aliphatic rings. The third-order valence-electron chi connectivity index (χ3n) is 2.62. The van der Waals surface area contributed by atoms with E-state index in [1.54, 1.807) is 13.8 Å². The van der Waals surface area contributed by atoms with E-state index in [0.717, 1.165) is 11.5 Å². The molecule has 1 atom stereocenters. The van der Waals surface area contributed by atoms with Crippen LogP contribution in [0.3, 0.4) is 0 Å². The van der Waals surface area contributed by atoms with Crippen molar-refractivity contribution in [3.05, 3.63) is 10.6 Å². The molecule has 1 rings (SSSR count). The lowest BCUT2D eigenvalue weighted by Crippen LogP contribution is -2.44. The van der Waals surface area contributed by atoms with Crippen molar-refractivity contribution >= 4 is 23.4 Å². The third-order valence-corrected chi connectivity index (χ3v) is 3.35. The van der Waals surface area contributed by atoms with Crippen molar-refractivity contribution in [2.45, 2.75) is 46.1 Å². The maximum atomic E-state index is 12.1. The zero-order valence-electron chi connectivity index (χ0n) is 11.7. The molecule has 0 bridgehead atoms. The van der Waals surface area contributed by atoms with Gasteiger partial charge in [0.2, 0.25) is 0 Å². The largest absolute Gasteiger partial charge is 0.480 e. The molecule has 19 heavy (non-hydrogen) atoms. The van der Waals surface area contributed by atoms with Gasteiger partial charge in [0.1, 0.15) is 10.9 Å². The molecule has 1 aromatic heterocycles. The molecule has 0 aliphatic heterocycles. The average molecular weight is 285 g/mol. The van der Waals surface area contributed by atoms with Gasteiger partial charge in [-0.1, -0.05) is 39.1 Å². The molecule has 0 saturated heterocycles. The summed E-state index contributed by atoms with van der Waals surface area (Å²) in [5.41, 5.74) is 0.277. The number of nitrogens with one attached hydrogen (secondary N) is 1. The molecule has 1 aromatic rings. The highest BCUT2D eigenvalue weighted by molar-refractivity contribution is 7.08. The first-order chi connectivity index (χ1) is 8.64. The summed E-state index contributed by atoms with van der Waals surface area (Å²) < 4.78 is 3.79. The summed E-state index contributed by atoms with van der Waals surface area (Å²) in [4.78, 5) is 23.6. The van der Waals surface area contributed by atoms with Crippen LogP contribution in [0.4, 0.5) is 0 Å². The Balaban J connectivity index is 2.96. The zero-order valence-corrected chi connectivity index (χ0v) is 12.5. The van der Waals surface area contributed by atoms with E-state index in [4.69, 9.17) is 5.11 Å². The predicted octanol–water partition coefficient (Wildman–Crippen LogP) is 1.67. The van der Waals surface area contributed by atoms with Gasteiger partial charge in [0, 0.05) is 5.41 Å². The lowest BCUT2D eigenvalue weighted by Gasteiger charge is -2.19. The standard InChI is InChI=1S/C12H19N3O3S/c1-6(2)7(11(17)18)13-10(16)8-9(12(3,4)5)14-15-19-8/h6-7H,1-5H3,(H,13,16)(H,17,18)/t7-/m1/s1. The second-order valence-corrected chi connectivity index (χ2v) is 6.49. The van der Waals surface area contributed by atoms with E-state index < -0.39 is 17.9 Å². The number of carboxylic acids is 1. The molecule has 0 aromatic carbocycles. The average Bonchev–Trinajstić information content (AvgIpc) is 2.72. The molecule has 7 heteroatoms. The number of nitrogens with zero attached hydrogens (tertiary/aromatic N) is 2. The molecular weight excluding hydrogens is 266 g/mol. The molecule has 6 nitrogen and oxygen atoms in total. The zero-order chi connectivity index (χ0) is 14.8. The van der Waals surface area contributed by atoms with E-state index in [9.17, 15) is 9.59 Å². The SMILES string of the molecule is CC(C)[C@@H](NC(=O)c1snnc1C(C)(C)C)C(=O)O. The highest BCUT2D eigenvalue weighted by Gasteiger charge is 2.30. The van der Waals surface area contributed by atoms with Crippen LogP contribution < -0.4 is 5.32 Å². The molecule has 1 amide bonds. The van der Waals surface area contributed by atoms with Crippen LogP contribution in [0.1, 0.15) is 50.0 Å². The minimum absolute atomic E-state index is 0.194. The Morgan fingerprint density at radius 3 is 2.32 bits per heavy atom. The lowest BCUT2D eigenvalue weighted by molar-refractivity contribution is -0.140. The van der Waals surface area contributed by atoms with Crippen molar-refractivity contribution in [2.24, 2.45) is 5.92 Å². The van der Waals surface area contributed by atoms with Crippen molar-refractivity contribution < 1.29 is 14.7 Å². The summed E-state index contributed by atoms with van der Waals surface area (Å²) in [7, 11) is 0. The van der Waals surface area contributed by atoms with Crippen molar-refractivity contribution in [1.82, 2.24) is 14.9 Å². The summed E-state index contributed by atoms with van der Waals surface area (Å²) in [6.07, 6.45) is 0. The van der Waals surface area contributed by atoms with Gasteiger partial charge in [-0.15, -0.1) is 5.10 Å². The molecular formula is C12H19N3O3S. The number of aromatic nitrogens is 2. The van der Waals surface area contributed by atoms with Gasteiger partial charge in [-0.05, 0) is 17.5 Å².